The summed E-state index contributed by atoms with van der Waals surface area (Å²) in [5, 5.41) is 2.82. The summed E-state index contributed by atoms with van der Waals surface area (Å²) < 4.78 is 46.4. The molecule has 3 N–H and O–H groups in total. The van der Waals surface area contributed by atoms with Gasteiger partial charge >= 0.3 is 6.18 Å². The van der Waals surface area contributed by atoms with E-state index in [4.69, 9.17) is 15.2 Å². The molecule has 5 nitrogen and oxygen atoms in total. The molecule has 1 amide bonds. The zero-order valence-electron chi connectivity index (χ0n) is 13.8. The van der Waals surface area contributed by atoms with E-state index >= 15 is 0 Å². The summed E-state index contributed by atoms with van der Waals surface area (Å²) in [6.45, 7) is -1.12. The van der Waals surface area contributed by atoms with Crippen molar-refractivity contribution in [3.8, 4) is 11.5 Å². The standard InChI is InChI=1S/C16H21F3N2O3.ClH/c1-23-14-6-10(2-5-13(14)24-9-16(17,18)19)8-21-15(22)11-3-4-12(20)7-11;/h2,5-6,11-12H,3-4,7-9,20H2,1H3,(H,21,22);1H. The number of carbonyl (C=O) groups excluding carboxylic acids is 1. The average molecular weight is 383 g/mol. The van der Waals surface area contributed by atoms with Crippen LogP contribution in [0.2, 0.25) is 0 Å². The van der Waals surface area contributed by atoms with Crippen LogP contribution in [0.15, 0.2) is 18.2 Å². The molecule has 25 heavy (non-hydrogen) atoms. The maximum Gasteiger partial charge on any atom is 0.422 e. The summed E-state index contributed by atoms with van der Waals surface area (Å²) in [6, 6.07) is 4.62. The first-order valence-electron chi connectivity index (χ1n) is 7.68. The molecule has 0 bridgehead atoms. The molecular formula is C16H22ClF3N2O3. The van der Waals surface area contributed by atoms with Crippen LogP contribution in [0.5, 0.6) is 11.5 Å². The molecule has 0 spiro atoms. The third-order valence-corrected chi connectivity index (χ3v) is 3.93. The number of ether oxygens (including phenoxy) is 2. The number of amides is 1. The first-order chi connectivity index (χ1) is 11.3. The fourth-order valence-electron chi connectivity index (χ4n) is 2.69. The van der Waals surface area contributed by atoms with E-state index in [1.54, 1.807) is 12.1 Å². The smallest absolute Gasteiger partial charge is 0.422 e. The quantitative estimate of drug-likeness (QED) is 0.793. The zero-order valence-corrected chi connectivity index (χ0v) is 14.6. The molecule has 0 aromatic heterocycles. The molecule has 2 rings (SSSR count). The number of halogens is 4. The second-order valence-corrected chi connectivity index (χ2v) is 5.88. The van der Waals surface area contributed by atoms with Crippen molar-refractivity contribution >= 4 is 18.3 Å². The molecule has 1 aromatic rings. The number of nitrogens with one attached hydrogen (secondary N) is 1. The highest BCUT2D eigenvalue weighted by atomic mass is 35.5. The molecule has 1 fully saturated rings. The molecular weight excluding hydrogens is 361 g/mol. The molecule has 9 heteroatoms. The van der Waals surface area contributed by atoms with Crippen LogP contribution in [0.4, 0.5) is 13.2 Å². The molecule has 0 aliphatic heterocycles. The van der Waals surface area contributed by atoms with Crippen LogP contribution in [-0.2, 0) is 11.3 Å². The summed E-state index contributed by atoms with van der Waals surface area (Å²) in [4.78, 5) is 12.1. The largest absolute Gasteiger partial charge is 0.493 e. The minimum Gasteiger partial charge on any atom is -0.493 e. The number of methoxy groups -OCH3 is 1. The molecule has 2 atom stereocenters. The van der Waals surface area contributed by atoms with E-state index in [0.29, 0.717) is 12.0 Å². The Hall–Kier alpha value is -1.67. The van der Waals surface area contributed by atoms with Gasteiger partial charge in [-0.1, -0.05) is 6.07 Å². The number of nitrogens with two attached hydrogens (primary N) is 1. The van der Waals surface area contributed by atoms with Crippen LogP contribution in [-0.4, -0.2) is 31.8 Å². The van der Waals surface area contributed by atoms with Gasteiger partial charge in [-0.2, -0.15) is 13.2 Å². The first-order valence-corrected chi connectivity index (χ1v) is 7.68. The third-order valence-electron chi connectivity index (χ3n) is 3.93. The summed E-state index contributed by atoms with van der Waals surface area (Å²) in [5.41, 5.74) is 6.50. The van der Waals surface area contributed by atoms with E-state index in [2.05, 4.69) is 5.32 Å². The summed E-state index contributed by atoms with van der Waals surface area (Å²) in [5.74, 6) is 0.0659. The van der Waals surface area contributed by atoms with Crippen molar-refractivity contribution in [2.45, 2.75) is 38.0 Å². The second kappa shape index (κ2) is 9.15. The normalized spacial score (nSPS) is 19.9. The zero-order chi connectivity index (χ0) is 17.7. The summed E-state index contributed by atoms with van der Waals surface area (Å²) in [6.07, 6.45) is -2.11. The Labute approximate surface area is 150 Å². The van der Waals surface area contributed by atoms with Gasteiger partial charge in [-0.3, -0.25) is 4.79 Å². The Bertz CT molecular complexity index is 584. The van der Waals surface area contributed by atoms with Crippen LogP contribution in [0, 0.1) is 5.92 Å². The topological polar surface area (TPSA) is 73.6 Å². The Morgan fingerprint density at radius 1 is 1.32 bits per heavy atom. The SMILES string of the molecule is COc1cc(CNC(=O)C2CCC(N)C2)ccc1OCC(F)(F)F.Cl. The number of benzene rings is 1. The van der Waals surface area contributed by atoms with E-state index in [-0.39, 0.29) is 48.3 Å². The van der Waals surface area contributed by atoms with Crippen molar-refractivity contribution in [2.75, 3.05) is 13.7 Å². The number of carbonyl (C=O) groups is 1. The molecule has 142 valence electrons. The van der Waals surface area contributed by atoms with Crippen LogP contribution in [0.25, 0.3) is 0 Å². The van der Waals surface area contributed by atoms with Gasteiger partial charge in [0.2, 0.25) is 5.91 Å². The fourth-order valence-corrected chi connectivity index (χ4v) is 2.69. The number of hydrogen-bond acceptors (Lipinski definition) is 4. The monoisotopic (exact) mass is 382 g/mol. The molecule has 1 aromatic carbocycles. The van der Waals surface area contributed by atoms with Crippen molar-refractivity contribution in [1.82, 2.24) is 5.32 Å². The Balaban J connectivity index is 0.00000312. The van der Waals surface area contributed by atoms with Crippen molar-refractivity contribution < 1.29 is 27.4 Å². The fraction of sp³-hybridized carbons (Fsp3) is 0.562. The highest BCUT2D eigenvalue weighted by Crippen LogP contribution is 2.30. The van der Waals surface area contributed by atoms with Crippen molar-refractivity contribution in [3.05, 3.63) is 23.8 Å². The van der Waals surface area contributed by atoms with Gasteiger partial charge in [0.25, 0.3) is 0 Å². The van der Waals surface area contributed by atoms with Crippen LogP contribution < -0.4 is 20.5 Å². The molecule has 1 saturated carbocycles. The van der Waals surface area contributed by atoms with Crippen LogP contribution in [0.1, 0.15) is 24.8 Å². The molecule has 1 aliphatic carbocycles. The average Bonchev–Trinajstić information content (AvgIpc) is 2.96. The molecule has 0 heterocycles. The minimum absolute atomic E-state index is 0. The first kappa shape index (κ1) is 21.4. The lowest BCUT2D eigenvalue weighted by Gasteiger charge is -2.14. The van der Waals surface area contributed by atoms with Gasteiger partial charge in [-0.15, -0.1) is 12.4 Å². The lowest BCUT2D eigenvalue weighted by atomic mass is 10.1. The summed E-state index contributed by atoms with van der Waals surface area (Å²) >= 11 is 0. The maximum absolute atomic E-state index is 12.2. The van der Waals surface area contributed by atoms with Crippen molar-refractivity contribution in [1.29, 1.82) is 0 Å². The minimum atomic E-state index is -4.42. The maximum atomic E-state index is 12.2. The van der Waals surface area contributed by atoms with Gasteiger partial charge in [-0.25, -0.2) is 0 Å². The Morgan fingerprint density at radius 2 is 2.04 bits per heavy atom. The van der Waals surface area contributed by atoms with E-state index in [0.717, 1.165) is 12.8 Å². The third kappa shape index (κ3) is 6.62. The van der Waals surface area contributed by atoms with Gasteiger partial charge < -0.3 is 20.5 Å². The lowest BCUT2D eigenvalue weighted by molar-refractivity contribution is -0.153. The van der Waals surface area contributed by atoms with E-state index < -0.39 is 12.8 Å². The van der Waals surface area contributed by atoms with Crippen LogP contribution in [0.3, 0.4) is 0 Å². The van der Waals surface area contributed by atoms with Crippen molar-refractivity contribution in [2.24, 2.45) is 11.7 Å². The van der Waals surface area contributed by atoms with Gasteiger partial charge in [0.05, 0.1) is 7.11 Å². The van der Waals surface area contributed by atoms with E-state index in [9.17, 15) is 18.0 Å². The van der Waals surface area contributed by atoms with Crippen LogP contribution >= 0.6 is 12.4 Å². The van der Waals surface area contributed by atoms with Crippen molar-refractivity contribution in [3.63, 3.8) is 0 Å². The lowest BCUT2D eigenvalue weighted by Crippen LogP contribution is -2.30. The van der Waals surface area contributed by atoms with Gasteiger partial charge in [0.15, 0.2) is 18.1 Å². The predicted octanol–water partition coefficient (Wildman–Crippen LogP) is 2.80. The van der Waals surface area contributed by atoms with Gasteiger partial charge in [-0.05, 0) is 37.0 Å². The predicted molar refractivity (Wildman–Crippen MR) is 89.0 cm³/mol. The highest BCUT2D eigenvalue weighted by Gasteiger charge is 2.29. The molecule has 0 saturated heterocycles. The van der Waals surface area contributed by atoms with E-state index in [1.165, 1.54) is 13.2 Å². The van der Waals surface area contributed by atoms with Gasteiger partial charge in [0.1, 0.15) is 0 Å². The summed E-state index contributed by atoms with van der Waals surface area (Å²) in [7, 11) is 1.35. The molecule has 2 unspecified atom stereocenters. The number of alkyl halides is 3. The Morgan fingerprint density at radius 3 is 2.60 bits per heavy atom. The number of hydrogen-bond donors (Lipinski definition) is 2. The van der Waals surface area contributed by atoms with E-state index in [1.807, 2.05) is 0 Å². The number of rotatable bonds is 6. The Kier molecular flexibility index (Phi) is 7.82. The highest BCUT2D eigenvalue weighted by molar-refractivity contribution is 5.85. The molecule has 0 radical (unpaired) electrons. The second-order valence-electron chi connectivity index (χ2n) is 5.88. The molecule has 1 aliphatic rings. The van der Waals surface area contributed by atoms with Gasteiger partial charge in [0, 0.05) is 18.5 Å².